The number of halogens is 1. The van der Waals surface area contributed by atoms with Crippen molar-refractivity contribution in [1.29, 1.82) is 0 Å². The van der Waals surface area contributed by atoms with E-state index in [-0.39, 0.29) is 11.8 Å². The fourth-order valence-corrected chi connectivity index (χ4v) is 2.43. The number of hydrogen-bond acceptors (Lipinski definition) is 2. The van der Waals surface area contributed by atoms with Gasteiger partial charge in [0.15, 0.2) is 0 Å². The highest BCUT2D eigenvalue weighted by atomic mass is 35.5. The Morgan fingerprint density at radius 2 is 2.05 bits per heavy atom. The first-order valence-electron chi connectivity index (χ1n) is 6.35. The molecule has 0 saturated carbocycles. The summed E-state index contributed by atoms with van der Waals surface area (Å²) in [6.07, 6.45) is 0.565. The molecule has 5 heteroatoms. The third-order valence-corrected chi connectivity index (χ3v) is 3.81. The molecule has 0 radical (unpaired) electrons. The Morgan fingerprint density at radius 3 is 2.63 bits per heavy atom. The van der Waals surface area contributed by atoms with Crippen molar-refractivity contribution in [2.24, 2.45) is 0 Å². The average Bonchev–Trinajstić information content (AvgIpc) is 2.37. The predicted octanol–water partition coefficient (Wildman–Crippen LogP) is 2.28. The molecule has 2 atom stereocenters. The molecule has 0 spiro atoms. The molecule has 19 heavy (non-hydrogen) atoms. The second-order valence-corrected chi connectivity index (χ2v) is 5.20. The first-order valence-corrected chi connectivity index (χ1v) is 6.73. The zero-order valence-electron chi connectivity index (χ0n) is 11.2. The summed E-state index contributed by atoms with van der Waals surface area (Å²) in [4.78, 5) is 25.8. The van der Waals surface area contributed by atoms with Gasteiger partial charge in [0.05, 0.1) is 0 Å². The second-order valence-electron chi connectivity index (χ2n) is 4.80. The standard InChI is InChI=1S/C14H17ClN2O2/c1-4-12-13(18)16-9(3)14(19)17(12)10-6-5-8(2)11(15)7-10/h5-7,9,12H,4H2,1-3H3,(H,16,18). The quantitative estimate of drug-likeness (QED) is 0.903. The first-order chi connectivity index (χ1) is 8.95. The van der Waals surface area contributed by atoms with E-state index in [4.69, 9.17) is 11.6 Å². The average molecular weight is 281 g/mol. The number of rotatable bonds is 2. The predicted molar refractivity (Wildman–Crippen MR) is 75.4 cm³/mol. The van der Waals surface area contributed by atoms with Gasteiger partial charge in [-0.25, -0.2) is 0 Å². The summed E-state index contributed by atoms with van der Waals surface area (Å²) in [6.45, 7) is 5.47. The lowest BCUT2D eigenvalue weighted by atomic mass is 10.0. The van der Waals surface area contributed by atoms with Gasteiger partial charge in [-0.2, -0.15) is 0 Å². The van der Waals surface area contributed by atoms with Gasteiger partial charge in [0.25, 0.3) is 0 Å². The molecule has 4 nitrogen and oxygen atoms in total. The fourth-order valence-electron chi connectivity index (χ4n) is 2.26. The molecule has 2 unspecified atom stereocenters. The molecule has 1 aliphatic rings. The summed E-state index contributed by atoms with van der Waals surface area (Å²) in [6, 6.07) is 4.45. The van der Waals surface area contributed by atoms with Gasteiger partial charge in [-0.15, -0.1) is 0 Å². The van der Waals surface area contributed by atoms with Crippen LogP contribution in [-0.2, 0) is 9.59 Å². The van der Waals surface area contributed by atoms with Crippen LogP contribution in [0.2, 0.25) is 5.02 Å². The van der Waals surface area contributed by atoms with Crippen LogP contribution in [-0.4, -0.2) is 23.9 Å². The largest absolute Gasteiger partial charge is 0.343 e. The summed E-state index contributed by atoms with van der Waals surface area (Å²) in [5.41, 5.74) is 1.62. The normalized spacial score (nSPS) is 23.5. The minimum absolute atomic E-state index is 0.105. The van der Waals surface area contributed by atoms with Crippen molar-refractivity contribution in [1.82, 2.24) is 5.32 Å². The third kappa shape index (κ3) is 2.45. The Balaban J connectivity index is 2.45. The van der Waals surface area contributed by atoms with Crippen LogP contribution >= 0.6 is 11.6 Å². The number of carbonyl (C=O) groups is 2. The molecule has 2 rings (SSSR count). The number of anilines is 1. The van der Waals surface area contributed by atoms with Crippen LogP contribution in [0, 0.1) is 6.92 Å². The third-order valence-electron chi connectivity index (χ3n) is 3.40. The number of amides is 2. The van der Waals surface area contributed by atoms with Crippen molar-refractivity contribution in [3.63, 3.8) is 0 Å². The van der Waals surface area contributed by atoms with E-state index >= 15 is 0 Å². The summed E-state index contributed by atoms with van der Waals surface area (Å²) < 4.78 is 0. The molecule has 1 aromatic carbocycles. The second kappa shape index (κ2) is 5.21. The van der Waals surface area contributed by atoms with Gasteiger partial charge in [-0.1, -0.05) is 24.6 Å². The number of nitrogens with zero attached hydrogens (tertiary/aromatic N) is 1. The summed E-state index contributed by atoms with van der Waals surface area (Å²) in [5, 5.41) is 3.29. The molecular formula is C14H17ClN2O2. The zero-order chi connectivity index (χ0) is 14.2. The maximum Gasteiger partial charge on any atom is 0.250 e. The van der Waals surface area contributed by atoms with Crippen molar-refractivity contribution >= 4 is 29.1 Å². The SMILES string of the molecule is CCC1C(=O)NC(C)C(=O)N1c1ccc(C)c(Cl)c1. The van der Waals surface area contributed by atoms with Gasteiger partial charge >= 0.3 is 0 Å². The van der Waals surface area contributed by atoms with Crippen molar-refractivity contribution < 1.29 is 9.59 Å². The van der Waals surface area contributed by atoms with E-state index in [1.54, 1.807) is 17.9 Å². The summed E-state index contributed by atoms with van der Waals surface area (Å²) in [7, 11) is 0. The van der Waals surface area contributed by atoms with Crippen LogP contribution in [0.4, 0.5) is 5.69 Å². The highest BCUT2D eigenvalue weighted by molar-refractivity contribution is 6.31. The Labute approximate surface area is 117 Å². The molecule has 102 valence electrons. The highest BCUT2D eigenvalue weighted by Gasteiger charge is 2.38. The smallest absolute Gasteiger partial charge is 0.250 e. The van der Waals surface area contributed by atoms with Crippen LogP contribution in [0.5, 0.6) is 0 Å². The molecule has 1 heterocycles. The number of nitrogens with one attached hydrogen (secondary N) is 1. The van der Waals surface area contributed by atoms with E-state index < -0.39 is 12.1 Å². The number of piperazine rings is 1. The maximum atomic E-state index is 12.3. The van der Waals surface area contributed by atoms with E-state index in [0.717, 1.165) is 5.56 Å². The lowest BCUT2D eigenvalue weighted by Crippen LogP contribution is -2.62. The van der Waals surface area contributed by atoms with Crippen molar-refractivity contribution in [3.05, 3.63) is 28.8 Å². The van der Waals surface area contributed by atoms with Crippen LogP contribution in [0.25, 0.3) is 0 Å². The van der Waals surface area contributed by atoms with Crippen molar-refractivity contribution in [2.45, 2.75) is 39.3 Å². The number of carbonyl (C=O) groups excluding carboxylic acids is 2. The maximum absolute atomic E-state index is 12.3. The topological polar surface area (TPSA) is 49.4 Å². The van der Waals surface area contributed by atoms with Crippen LogP contribution in [0.15, 0.2) is 18.2 Å². The summed E-state index contributed by atoms with van der Waals surface area (Å²) >= 11 is 6.11. The molecule has 1 N–H and O–H groups in total. The molecule has 1 saturated heterocycles. The van der Waals surface area contributed by atoms with Gasteiger partial charge in [0.1, 0.15) is 12.1 Å². The molecule has 1 fully saturated rings. The van der Waals surface area contributed by atoms with E-state index in [1.807, 2.05) is 26.0 Å². The molecule has 0 aliphatic carbocycles. The minimum atomic E-state index is -0.504. The lowest BCUT2D eigenvalue weighted by molar-refractivity contribution is -0.133. The van der Waals surface area contributed by atoms with Crippen LogP contribution in [0.1, 0.15) is 25.8 Å². The van der Waals surface area contributed by atoms with Crippen molar-refractivity contribution in [2.75, 3.05) is 4.90 Å². The van der Waals surface area contributed by atoms with Crippen molar-refractivity contribution in [3.8, 4) is 0 Å². The van der Waals surface area contributed by atoms with Gasteiger partial charge in [-0.3, -0.25) is 14.5 Å². The minimum Gasteiger partial charge on any atom is -0.343 e. The molecule has 1 aliphatic heterocycles. The van der Waals surface area contributed by atoms with E-state index in [0.29, 0.717) is 17.1 Å². The Bertz CT molecular complexity index is 530. The number of aryl methyl sites for hydroxylation is 1. The molecular weight excluding hydrogens is 264 g/mol. The fraction of sp³-hybridized carbons (Fsp3) is 0.429. The van der Waals surface area contributed by atoms with Gasteiger partial charge in [0, 0.05) is 10.7 Å². The van der Waals surface area contributed by atoms with Gasteiger partial charge in [-0.05, 0) is 38.0 Å². The Morgan fingerprint density at radius 1 is 1.37 bits per heavy atom. The zero-order valence-corrected chi connectivity index (χ0v) is 12.0. The number of hydrogen-bond donors (Lipinski definition) is 1. The van der Waals surface area contributed by atoms with Crippen LogP contribution < -0.4 is 10.2 Å². The monoisotopic (exact) mass is 280 g/mol. The van der Waals surface area contributed by atoms with E-state index in [9.17, 15) is 9.59 Å². The Kier molecular flexibility index (Phi) is 3.80. The number of benzene rings is 1. The lowest BCUT2D eigenvalue weighted by Gasteiger charge is -2.37. The molecule has 0 bridgehead atoms. The van der Waals surface area contributed by atoms with Gasteiger partial charge in [0.2, 0.25) is 11.8 Å². The van der Waals surface area contributed by atoms with E-state index in [1.165, 1.54) is 0 Å². The molecule has 0 aromatic heterocycles. The highest BCUT2D eigenvalue weighted by Crippen LogP contribution is 2.27. The van der Waals surface area contributed by atoms with E-state index in [2.05, 4.69) is 5.32 Å². The molecule has 2 amide bonds. The first kappa shape index (κ1) is 13.9. The summed E-state index contributed by atoms with van der Waals surface area (Å²) in [5.74, 6) is -0.224. The van der Waals surface area contributed by atoms with Gasteiger partial charge < -0.3 is 5.32 Å². The van der Waals surface area contributed by atoms with Crippen LogP contribution in [0.3, 0.4) is 0 Å². The molecule has 1 aromatic rings. The Hall–Kier alpha value is -1.55.